The first-order valence-electron chi connectivity index (χ1n) is 5.28. The second-order valence-electron chi connectivity index (χ2n) is 3.47. The van der Waals surface area contributed by atoms with Crippen LogP contribution in [0.15, 0.2) is 24.3 Å². The van der Waals surface area contributed by atoms with Gasteiger partial charge in [0.25, 0.3) is 5.91 Å². The molecule has 1 rings (SSSR count). The Hall–Kier alpha value is -2.08. The molecule has 1 aromatic rings. The molecule has 6 N–H and O–H groups in total. The number of urea groups is 1. The van der Waals surface area contributed by atoms with Gasteiger partial charge in [0.15, 0.2) is 0 Å². The van der Waals surface area contributed by atoms with Crippen molar-refractivity contribution in [2.75, 3.05) is 18.4 Å². The lowest BCUT2D eigenvalue weighted by Gasteiger charge is -2.06. The van der Waals surface area contributed by atoms with E-state index < -0.39 is 6.03 Å². The molecule has 6 nitrogen and oxygen atoms in total. The zero-order chi connectivity index (χ0) is 12.7. The Morgan fingerprint density at radius 2 is 2.06 bits per heavy atom. The number of rotatable bonds is 5. The number of carbonyl (C=O) groups is 2. The molecule has 6 heteroatoms. The molecule has 0 aromatic heterocycles. The lowest BCUT2D eigenvalue weighted by atomic mass is 10.2. The van der Waals surface area contributed by atoms with Gasteiger partial charge in [-0.25, -0.2) is 4.79 Å². The number of primary amides is 1. The summed E-state index contributed by atoms with van der Waals surface area (Å²) in [6.45, 7) is 1.06. The fourth-order valence-electron chi connectivity index (χ4n) is 1.29. The molecule has 17 heavy (non-hydrogen) atoms. The van der Waals surface area contributed by atoms with Gasteiger partial charge in [0.2, 0.25) is 0 Å². The molecule has 0 atom stereocenters. The first kappa shape index (κ1) is 13.0. The number of hydrogen-bond acceptors (Lipinski definition) is 3. The average Bonchev–Trinajstić information content (AvgIpc) is 2.28. The van der Waals surface area contributed by atoms with Crippen molar-refractivity contribution in [3.8, 4) is 0 Å². The summed E-state index contributed by atoms with van der Waals surface area (Å²) in [6.07, 6.45) is 0.727. The molecule has 92 valence electrons. The van der Waals surface area contributed by atoms with Crippen LogP contribution in [0.2, 0.25) is 0 Å². The van der Waals surface area contributed by atoms with Crippen molar-refractivity contribution < 1.29 is 9.59 Å². The molecule has 0 aliphatic carbocycles. The van der Waals surface area contributed by atoms with Crippen LogP contribution in [0, 0.1) is 0 Å². The number of amides is 3. The van der Waals surface area contributed by atoms with Crippen molar-refractivity contribution in [2.24, 2.45) is 11.5 Å². The molecule has 1 aromatic carbocycles. The molecule has 0 fully saturated rings. The summed E-state index contributed by atoms with van der Waals surface area (Å²) in [5, 5.41) is 5.12. The van der Waals surface area contributed by atoms with Crippen LogP contribution < -0.4 is 22.1 Å². The largest absolute Gasteiger partial charge is 0.352 e. The molecule has 0 bridgehead atoms. The minimum absolute atomic E-state index is 0.202. The molecule has 0 aliphatic heterocycles. The highest BCUT2D eigenvalue weighted by Gasteiger charge is 2.05. The van der Waals surface area contributed by atoms with Crippen LogP contribution in [0.5, 0.6) is 0 Å². The van der Waals surface area contributed by atoms with Crippen molar-refractivity contribution in [1.82, 2.24) is 5.32 Å². The summed E-state index contributed by atoms with van der Waals surface area (Å²) in [4.78, 5) is 22.3. The predicted octanol–water partition coefficient (Wildman–Crippen LogP) is 0.256. The minimum atomic E-state index is -0.661. The number of nitrogens with one attached hydrogen (secondary N) is 2. The van der Waals surface area contributed by atoms with E-state index in [0.717, 1.165) is 6.42 Å². The molecular weight excluding hydrogens is 220 g/mol. The maximum Gasteiger partial charge on any atom is 0.316 e. The maximum atomic E-state index is 11.7. The monoisotopic (exact) mass is 236 g/mol. The van der Waals surface area contributed by atoms with E-state index >= 15 is 0 Å². The summed E-state index contributed by atoms with van der Waals surface area (Å²) in [7, 11) is 0. The highest BCUT2D eigenvalue weighted by Crippen LogP contribution is 2.10. The summed E-state index contributed by atoms with van der Waals surface area (Å²) in [5.74, 6) is -0.202. The minimum Gasteiger partial charge on any atom is -0.352 e. The second-order valence-corrected chi connectivity index (χ2v) is 3.47. The van der Waals surface area contributed by atoms with Gasteiger partial charge in [-0.15, -0.1) is 0 Å². The summed E-state index contributed by atoms with van der Waals surface area (Å²) in [6, 6.07) is 5.88. The molecule has 0 unspecified atom stereocenters. The van der Waals surface area contributed by atoms with Crippen molar-refractivity contribution in [3.05, 3.63) is 29.8 Å². The van der Waals surface area contributed by atoms with Crippen molar-refractivity contribution in [3.63, 3.8) is 0 Å². The van der Waals surface area contributed by atoms with Gasteiger partial charge >= 0.3 is 6.03 Å². The van der Waals surface area contributed by atoms with Gasteiger partial charge in [0.1, 0.15) is 0 Å². The van der Waals surface area contributed by atoms with Gasteiger partial charge < -0.3 is 22.1 Å². The lowest BCUT2D eigenvalue weighted by Crippen LogP contribution is -2.26. The van der Waals surface area contributed by atoms with Crippen molar-refractivity contribution >= 4 is 17.6 Å². The molecule has 0 saturated carbocycles. The number of carbonyl (C=O) groups excluding carboxylic acids is 2. The quantitative estimate of drug-likeness (QED) is 0.550. The van der Waals surface area contributed by atoms with Crippen LogP contribution >= 0.6 is 0 Å². The van der Waals surface area contributed by atoms with Crippen molar-refractivity contribution in [2.45, 2.75) is 6.42 Å². The van der Waals surface area contributed by atoms with E-state index in [4.69, 9.17) is 11.5 Å². The van der Waals surface area contributed by atoms with E-state index in [2.05, 4.69) is 10.6 Å². The van der Waals surface area contributed by atoms with Gasteiger partial charge in [-0.05, 0) is 31.2 Å². The van der Waals surface area contributed by atoms with Crippen LogP contribution in [0.4, 0.5) is 10.5 Å². The van der Waals surface area contributed by atoms with Crippen LogP contribution in [-0.2, 0) is 0 Å². The van der Waals surface area contributed by atoms with Crippen LogP contribution in [0.3, 0.4) is 0 Å². The third kappa shape index (κ3) is 4.52. The van der Waals surface area contributed by atoms with Crippen LogP contribution in [-0.4, -0.2) is 25.0 Å². The van der Waals surface area contributed by atoms with E-state index in [1.807, 2.05) is 0 Å². The topological polar surface area (TPSA) is 110 Å². The SMILES string of the molecule is NCCCNC(=O)c1cccc(NC(N)=O)c1. The number of anilines is 1. The van der Waals surface area contributed by atoms with Crippen LogP contribution in [0.1, 0.15) is 16.8 Å². The molecule has 3 amide bonds. The summed E-state index contributed by atoms with van der Waals surface area (Å²) in [5.41, 5.74) is 11.3. The predicted molar refractivity (Wildman–Crippen MR) is 65.7 cm³/mol. The van der Waals surface area contributed by atoms with Crippen molar-refractivity contribution in [1.29, 1.82) is 0 Å². The Morgan fingerprint density at radius 1 is 1.29 bits per heavy atom. The molecule has 0 spiro atoms. The Morgan fingerprint density at radius 3 is 2.71 bits per heavy atom. The third-order valence-electron chi connectivity index (χ3n) is 2.06. The van der Waals surface area contributed by atoms with E-state index in [-0.39, 0.29) is 5.91 Å². The summed E-state index contributed by atoms with van der Waals surface area (Å²) >= 11 is 0. The van der Waals surface area contributed by atoms with Gasteiger partial charge in [-0.2, -0.15) is 0 Å². The second kappa shape index (κ2) is 6.49. The Balaban J connectivity index is 2.63. The van der Waals surface area contributed by atoms with Gasteiger partial charge in [0, 0.05) is 17.8 Å². The van der Waals surface area contributed by atoms with E-state index in [1.165, 1.54) is 0 Å². The zero-order valence-electron chi connectivity index (χ0n) is 9.40. The normalized spacial score (nSPS) is 9.71. The van der Waals surface area contributed by atoms with Gasteiger partial charge in [-0.3, -0.25) is 4.79 Å². The molecule has 0 aliphatic rings. The lowest BCUT2D eigenvalue weighted by molar-refractivity contribution is 0.0953. The number of hydrogen-bond donors (Lipinski definition) is 4. The number of nitrogens with two attached hydrogens (primary N) is 2. The molecular formula is C11H16N4O2. The smallest absolute Gasteiger partial charge is 0.316 e. The summed E-state index contributed by atoms with van der Waals surface area (Å²) < 4.78 is 0. The Labute approximate surface area is 99.4 Å². The van der Waals surface area contributed by atoms with E-state index in [9.17, 15) is 9.59 Å². The van der Waals surface area contributed by atoms with Crippen LogP contribution in [0.25, 0.3) is 0 Å². The molecule has 0 heterocycles. The third-order valence-corrected chi connectivity index (χ3v) is 2.06. The Bertz CT molecular complexity index is 406. The average molecular weight is 236 g/mol. The fourth-order valence-corrected chi connectivity index (χ4v) is 1.29. The fraction of sp³-hybridized carbons (Fsp3) is 0.273. The molecule has 0 saturated heterocycles. The molecule has 0 radical (unpaired) electrons. The van der Waals surface area contributed by atoms with Gasteiger partial charge in [0.05, 0.1) is 0 Å². The highest BCUT2D eigenvalue weighted by molar-refractivity contribution is 5.96. The zero-order valence-corrected chi connectivity index (χ0v) is 9.40. The van der Waals surface area contributed by atoms with Gasteiger partial charge in [-0.1, -0.05) is 6.07 Å². The van der Waals surface area contributed by atoms with E-state index in [1.54, 1.807) is 24.3 Å². The Kier molecular flexibility index (Phi) is 4.96. The first-order chi connectivity index (χ1) is 8.13. The van der Waals surface area contributed by atoms with E-state index in [0.29, 0.717) is 24.3 Å². The highest BCUT2D eigenvalue weighted by atomic mass is 16.2. The number of benzene rings is 1. The maximum absolute atomic E-state index is 11.7. The first-order valence-corrected chi connectivity index (χ1v) is 5.28. The standard InChI is InChI=1S/C11H16N4O2/c12-5-2-6-14-10(16)8-3-1-4-9(7-8)15-11(13)17/h1,3-4,7H,2,5-6,12H2,(H,14,16)(H3,13,15,17).